The maximum atomic E-state index is 4.43. The minimum atomic E-state index is 0.593. The first-order chi connectivity index (χ1) is 7.59. The molecule has 0 bridgehead atoms. The highest BCUT2D eigenvalue weighted by Crippen LogP contribution is 2.22. The van der Waals surface area contributed by atoms with Gasteiger partial charge in [-0.15, -0.1) is 0 Å². The Bertz CT molecular complexity index is 374. The highest BCUT2D eigenvalue weighted by molar-refractivity contribution is 9.10. The Morgan fingerprint density at radius 2 is 2.31 bits per heavy atom. The molecule has 90 valence electrons. The molecule has 0 radical (unpaired) electrons. The third kappa shape index (κ3) is 2.31. The first kappa shape index (κ1) is 12.1. The molecule has 1 atom stereocenters. The van der Waals surface area contributed by atoms with Crippen molar-refractivity contribution < 1.29 is 0 Å². The zero-order valence-electron chi connectivity index (χ0n) is 10.1. The Labute approximate surface area is 105 Å². The van der Waals surface area contributed by atoms with Crippen LogP contribution in [0.25, 0.3) is 0 Å². The third-order valence-electron chi connectivity index (χ3n) is 3.25. The van der Waals surface area contributed by atoms with Crippen LogP contribution in [0.2, 0.25) is 0 Å². The van der Waals surface area contributed by atoms with Gasteiger partial charge in [0.1, 0.15) is 0 Å². The molecule has 5 heteroatoms. The molecule has 1 N–H and O–H groups in total. The predicted octanol–water partition coefficient (Wildman–Crippen LogP) is 1.28. The number of nitrogens with one attached hydrogen (secondary N) is 1. The Morgan fingerprint density at radius 1 is 1.56 bits per heavy atom. The third-order valence-corrected chi connectivity index (χ3v) is 4.28. The molecule has 1 fully saturated rings. The van der Waals surface area contributed by atoms with Gasteiger partial charge in [-0.05, 0) is 29.8 Å². The van der Waals surface area contributed by atoms with Gasteiger partial charge in [0.05, 0.1) is 15.9 Å². The number of piperazine rings is 1. The van der Waals surface area contributed by atoms with Crippen LogP contribution < -0.4 is 5.32 Å². The first-order valence-corrected chi connectivity index (χ1v) is 6.51. The lowest BCUT2D eigenvalue weighted by atomic mass is 10.2. The standard InChI is InChI=1S/C11H19BrN4/c1-8-6-13-4-5-16(8)7-10-11(12)9(2)14-15(10)3/h8,13H,4-7H2,1-3H3. The van der Waals surface area contributed by atoms with Crippen molar-refractivity contribution in [2.45, 2.75) is 26.4 Å². The Hall–Kier alpha value is -0.390. The van der Waals surface area contributed by atoms with E-state index in [1.165, 1.54) is 5.69 Å². The molecule has 1 aliphatic heterocycles. The van der Waals surface area contributed by atoms with Gasteiger partial charge in [0.2, 0.25) is 0 Å². The fourth-order valence-corrected chi connectivity index (χ4v) is 2.62. The van der Waals surface area contributed by atoms with Gasteiger partial charge in [-0.1, -0.05) is 0 Å². The van der Waals surface area contributed by atoms with Crippen molar-refractivity contribution in [2.75, 3.05) is 19.6 Å². The lowest BCUT2D eigenvalue weighted by molar-refractivity contribution is 0.161. The second-order valence-electron chi connectivity index (χ2n) is 4.49. The number of aryl methyl sites for hydroxylation is 2. The second-order valence-corrected chi connectivity index (χ2v) is 5.29. The zero-order valence-corrected chi connectivity index (χ0v) is 11.7. The topological polar surface area (TPSA) is 33.1 Å². The van der Waals surface area contributed by atoms with Crippen LogP contribution in [0, 0.1) is 6.92 Å². The Kier molecular flexibility index (Phi) is 3.66. The molecular formula is C11H19BrN4. The molecule has 0 saturated carbocycles. The highest BCUT2D eigenvalue weighted by atomic mass is 79.9. The molecule has 0 aliphatic carbocycles. The number of hydrogen-bond donors (Lipinski definition) is 1. The smallest absolute Gasteiger partial charge is 0.0739 e. The van der Waals surface area contributed by atoms with Crippen LogP contribution in [0.4, 0.5) is 0 Å². The van der Waals surface area contributed by atoms with E-state index in [-0.39, 0.29) is 0 Å². The largest absolute Gasteiger partial charge is 0.314 e. The molecule has 0 spiro atoms. The van der Waals surface area contributed by atoms with Crippen molar-refractivity contribution in [1.82, 2.24) is 20.0 Å². The van der Waals surface area contributed by atoms with Gasteiger partial charge in [-0.25, -0.2) is 0 Å². The molecular weight excluding hydrogens is 268 g/mol. The normalized spacial score (nSPS) is 22.6. The fourth-order valence-electron chi connectivity index (χ4n) is 2.16. The van der Waals surface area contributed by atoms with Gasteiger partial charge < -0.3 is 5.32 Å². The summed E-state index contributed by atoms with van der Waals surface area (Å²) in [7, 11) is 2.01. The van der Waals surface area contributed by atoms with E-state index in [2.05, 4.69) is 38.2 Å². The second kappa shape index (κ2) is 4.85. The number of hydrogen-bond acceptors (Lipinski definition) is 3. The molecule has 0 aromatic carbocycles. The average Bonchev–Trinajstić information content (AvgIpc) is 2.48. The Balaban J connectivity index is 2.13. The van der Waals surface area contributed by atoms with Gasteiger partial charge in [0.15, 0.2) is 0 Å². The number of nitrogens with zero attached hydrogens (tertiary/aromatic N) is 3. The molecule has 1 aromatic heterocycles. The minimum absolute atomic E-state index is 0.593. The molecule has 1 aliphatic rings. The molecule has 2 heterocycles. The summed E-state index contributed by atoms with van der Waals surface area (Å²) in [5, 5.41) is 7.84. The van der Waals surface area contributed by atoms with Crippen LogP contribution >= 0.6 is 15.9 Å². The molecule has 1 unspecified atom stereocenters. The molecule has 4 nitrogen and oxygen atoms in total. The summed E-state index contributed by atoms with van der Waals surface area (Å²) in [6.07, 6.45) is 0. The molecule has 2 rings (SSSR count). The van der Waals surface area contributed by atoms with E-state index in [1.807, 2.05) is 18.7 Å². The SMILES string of the molecule is Cc1nn(C)c(CN2CCNCC2C)c1Br. The van der Waals surface area contributed by atoms with Gasteiger partial charge >= 0.3 is 0 Å². The van der Waals surface area contributed by atoms with Gasteiger partial charge in [0, 0.05) is 39.3 Å². The van der Waals surface area contributed by atoms with E-state index >= 15 is 0 Å². The monoisotopic (exact) mass is 286 g/mol. The zero-order chi connectivity index (χ0) is 11.7. The summed E-state index contributed by atoms with van der Waals surface area (Å²) >= 11 is 3.62. The van der Waals surface area contributed by atoms with Gasteiger partial charge in [-0.2, -0.15) is 5.10 Å². The van der Waals surface area contributed by atoms with E-state index < -0.39 is 0 Å². The van der Waals surface area contributed by atoms with Crippen LogP contribution in [0.3, 0.4) is 0 Å². The maximum Gasteiger partial charge on any atom is 0.0739 e. The summed E-state index contributed by atoms with van der Waals surface area (Å²) in [6, 6.07) is 0.593. The summed E-state index contributed by atoms with van der Waals surface area (Å²) in [6.45, 7) is 8.55. The number of rotatable bonds is 2. The summed E-state index contributed by atoms with van der Waals surface area (Å²) < 4.78 is 3.13. The summed E-state index contributed by atoms with van der Waals surface area (Å²) in [4.78, 5) is 2.50. The molecule has 0 amide bonds. The average molecular weight is 287 g/mol. The summed E-state index contributed by atoms with van der Waals surface area (Å²) in [5.41, 5.74) is 2.34. The lowest BCUT2D eigenvalue weighted by Gasteiger charge is -2.33. The van der Waals surface area contributed by atoms with Crippen molar-refractivity contribution in [3.8, 4) is 0 Å². The van der Waals surface area contributed by atoms with Crippen LogP contribution in [0.15, 0.2) is 4.47 Å². The number of aromatic nitrogens is 2. The van der Waals surface area contributed by atoms with Crippen molar-refractivity contribution in [3.05, 3.63) is 15.9 Å². The van der Waals surface area contributed by atoms with Crippen molar-refractivity contribution in [2.24, 2.45) is 7.05 Å². The fraction of sp³-hybridized carbons (Fsp3) is 0.727. The van der Waals surface area contributed by atoms with Crippen molar-refractivity contribution in [1.29, 1.82) is 0 Å². The van der Waals surface area contributed by atoms with E-state index in [4.69, 9.17) is 0 Å². The maximum absolute atomic E-state index is 4.43. The Morgan fingerprint density at radius 3 is 2.88 bits per heavy atom. The highest BCUT2D eigenvalue weighted by Gasteiger charge is 2.21. The minimum Gasteiger partial charge on any atom is -0.314 e. The summed E-state index contributed by atoms with van der Waals surface area (Å²) in [5.74, 6) is 0. The van der Waals surface area contributed by atoms with Crippen LogP contribution in [0.1, 0.15) is 18.3 Å². The van der Waals surface area contributed by atoms with Gasteiger partial charge in [0.25, 0.3) is 0 Å². The van der Waals surface area contributed by atoms with E-state index in [0.717, 1.165) is 36.3 Å². The predicted molar refractivity (Wildman–Crippen MR) is 68.4 cm³/mol. The molecule has 1 aromatic rings. The molecule has 1 saturated heterocycles. The van der Waals surface area contributed by atoms with Crippen LogP contribution in [-0.4, -0.2) is 40.4 Å². The van der Waals surface area contributed by atoms with E-state index in [9.17, 15) is 0 Å². The van der Waals surface area contributed by atoms with E-state index in [1.54, 1.807) is 0 Å². The van der Waals surface area contributed by atoms with E-state index in [0.29, 0.717) is 6.04 Å². The van der Waals surface area contributed by atoms with Gasteiger partial charge in [-0.3, -0.25) is 9.58 Å². The quantitative estimate of drug-likeness (QED) is 0.889. The first-order valence-electron chi connectivity index (χ1n) is 5.72. The lowest BCUT2D eigenvalue weighted by Crippen LogP contribution is -2.49. The van der Waals surface area contributed by atoms with Crippen LogP contribution in [0.5, 0.6) is 0 Å². The number of halogens is 1. The van der Waals surface area contributed by atoms with Crippen molar-refractivity contribution in [3.63, 3.8) is 0 Å². The van der Waals surface area contributed by atoms with Crippen molar-refractivity contribution >= 4 is 15.9 Å². The molecule has 16 heavy (non-hydrogen) atoms. The van der Waals surface area contributed by atoms with Crippen LogP contribution in [-0.2, 0) is 13.6 Å².